The molecular weight excluding hydrogens is 142 g/mol. The van der Waals surface area contributed by atoms with Crippen molar-refractivity contribution in [2.24, 2.45) is 7.05 Å². The molecule has 0 radical (unpaired) electrons. The largest absolute Gasteiger partial charge is 0.365 e. The highest BCUT2D eigenvalue weighted by Crippen LogP contribution is 2.01. The van der Waals surface area contributed by atoms with Gasteiger partial charge < -0.3 is 9.55 Å². The van der Waals surface area contributed by atoms with Crippen LogP contribution in [-0.4, -0.2) is 14.5 Å². The summed E-state index contributed by atoms with van der Waals surface area (Å²) in [4.78, 5) is 18.2. The number of aromatic nitrogens is 3. The second-order valence-corrected chi connectivity index (χ2v) is 2.41. The molecule has 2 aromatic heterocycles. The van der Waals surface area contributed by atoms with Gasteiger partial charge in [0.25, 0.3) is 5.56 Å². The Labute approximate surface area is 62.5 Å². The summed E-state index contributed by atoms with van der Waals surface area (Å²) in [6.45, 7) is 0. The van der Waals surface area contributed by atoms with Crippen molar-refractivity contribution in [1.29, 1.82) is 0 Å². The van der Waals surface area contributed by atoms with E-state index < -0.39 is 0 Å². The Morgan fingerprint density at radius 3 is 3.18 bits per heavy atom. The molecule has 11 heavy (non-hydrogen) atoms. The van der Waals surface area contributed by atoms with Crippen molar-refractivity contribution in [1.82, 2.24) is 14.5 Å². The molecule has 1 N–H and O–H groups in total. The molecule has 0 saturated heterocycles. The van der Waals surface area contributed by atoms with Gasteiger partial charge in [0.15, 0.2) is 0 Å². The Morgan fingerprint density at radius 2 is 2.36 bits per heavy atom. The van der Waals surface area contributed by atoms with Crippen molar-refractivity contribution < 1.29 is 0 Å². The molecular formula is C7H7N3O. The summed E-state index contributed by atoms with van der Waals surface area (Å²) in [6, 6.07) is 0. The lowest BCUT2D eigenvalue weighted by Crippen LogP contribution is -2.15. The number of hydrogen-bond donors (Lipinski definition) is 1. The van der Waals surface area contributed by atoms with Crippen LogP contribution in [0.4, 0.5) is 0 Å². The molecule has 2 rings (SSSR count). The predicted octanol–water partition coefficient (Wildman–Crippen LogP) is 0.262. The smallest absolute Gasteiger partial charge is 0.262 e. The first kappa shape index (κ1) is 6.15. The lowest BCUT2D eigenvalue weighted by atomic mass is 10.4. The van der Waals surface area contributed by atoms with Crippen molar-refractivity contribution in [3.8, 4) is 0 Å². The number of rotatable bonds is 0. The molecule has 0 amide bonds. The molecule has 4 heteroatoms. The highest BCUT2D eigenvalue weighted by atomic mass is 16.1. The van der Waals surface area contributed by atoms with Crippen LogP contribution in [-0.2, 0) is 7.05 Å². The summed E-state index contributed by atoms with van der Waals surface area (Å²) in [5.41, 5.74) is 0.698. The average Bonchev–Trinajstić information content (AvgIpc) is 2.45. The fourth-order valence-electron chi connectivity index (χ4n) is 1.02. The number of H-pyrrole nitrogens is 1. The van der Waals surface area contributed by atoms with E-state index in [4.69, 9.17) is 0 Å². The Morgan fingerprint density at radius 1 is 1.55 bits per heavy atom. The van der Waals surface area contributed by atoms with Gasteiger partial charge in [-0.1, -0.05) is 0 Å². The van der Waals surface area contributed by atoms with Crippen LogP contribution in [0.3, 0.4) is 0 Å². The normalized spacial score (nSPS) is 10.6. The minimum Gasteiger partial charge on any atom is -0.365 e. The highest BCUT2D eigenvalue weighted by Gasteiger charge is 1.99. The van der Waals surface area contributed by atoms with E-state index in [0.717, 1.165) is 0 Å². The lowest BCUT2D eigenvalue weighted by molar-refractivity contribution is 0.844. The molecule has 0 aliphatic heterocycles. The molecule has 0 unspecified atom stereocenters. The summed E-state index contributed by atoms with van der Waals surface area (Å²) >= 11 is 0. The van der Waals surface area contributed by atoms with Crippen LogP contribution < -0.4 is 5.56 Å². The molecule has 0 saturated carbocycles. The van der Waals surface area contributed by atoms with E-state index >= 15 is 0 Å². The zero-order valence-electron chi connectivity index (χ0n) is 6.03. The Hall–Kier alpha value is -1.58. The second kappa shape index (κ2) is 1.95. The number of aromatic amines is 1. The van der Waals surface area contributed by atoms with Gasteiger partial charge >= 0.3 is 0 Å². The van der Waals surface area contributed by atoms with Crippen molar-refractivity contribution in [2.75, 3.05) is 0 Å². The molecule has 2 aromatic rings. The topological polar surface area (TPSA) is 50.7 Å². The summed E-state index contributed by atoms with van der Waals surface area (Å²) < 4.78 is 1.45. The van der Waals surface area contributed by atoms with Gasteiger partial charge in [-0.25, -0.2) is 4.98 Å². The van der Waals surface area contributed by atoms with Crippen molar-refractivity contribution in [3.63, 3.8) is 0 Å². The molecule has 0 aliphatic rings. The van der Waals surface area contributed by atoms with Crippen molar-refractivity contribution >= 4 is 10.9 Å². The van der Waals surface area contributed by atoms with E-state index in [1.54, 1.807) is 19.4 Å². The summed E-state index contributed by atoms with van der Waals surface area (Å²) in [5.74, 6) is 0. The standard InChI is InChI=1S/C7H7N3O/c1-10-4-9-6-3-8-2-5(6)7(10)11/h2-4,8H,1H3. The zero-order valence-corrected chi connectivity index (χ0v) is 6.03. The lowest BCUT2D eigenvalue weighted by Gasteiger charge is -1.93. The van der Waals surface area contributed by atoms with Crippen LogP contribution >= 0.6 is 0 Å². The molecule has 56 valence electrons. The van der Waals surface area contributed by atoms with Gasteiger partial charge in [-0.2, -0.15) is 0 Å². The first-order valence-corrected chi connectivity index (χ1v) is 3.27. The maximum absolute atomic E-state index is 11.3. The number of fused-ring (bicyclic) bond motifs is 1. The molecule has 0 bridgehead atoms. The summed E-state index contributed by atoms with van der Waals surface area (Å²) in [5, 5.41) is 0.634. The summed E-state index contributed by atoms with van der Waals surface area (Å²) in [6.07, 6.45) is 4.87. The monoisotopic (exact) mass is 149 g/mol. The third kappa shape index (κ3) is 0.756. The van der Waals surface area contributed by atoms with E-state index in [2.05, 4.69) is 9.97 Å². The quantitative estimate of drug-likeness (QED) is 0.584. The third-order valence-electron chi connectivity index (χ3n) is 1.64. The van der Waals surface area contributed by atoms with Crippen LogP contribution in [0.5, 0.6) is 0 Å². The minimum absolute atomic E-state index is 0.0174. The first-order chi connectivity index (χ1) is 5.29. The maximum Gasteiger partial charge on any atom is 0.262 e. The fraction of sp³-hybridized carbons (Fsp3) is 0.143. The number of nitrogens with one attached hydrogen (secondary N) is 1. The van der Waals surface area contributed by atoms with Gasteiger partial charge in [0, 0.05) is 19.4 Å². The van der Waals surface area contributed by atoms with Crippen LogP contribution in [0.15, 0.2) is 23.5 Å². The molecule has 0 aliphatic carbocycles. The maximum atomic E-state index is 11.3. The van der Waals surface area contributed by atoms with Crippen LogP contribution in [0, 0.1) is 0 Å². The van der Waals surface area contributed by atoms with Crippen LogP contribution in [0.25, 0.3) is 10.9 Å². The van der Waals surface area contributed by atoms with Gasteiger partial charge in [-0.05, 0) is 0 Å². The Balaban J connectivity index is 3.05. The van der Waals surface area contributed by atoms with Gasteiger partial charge in [0.2, 0.25) is 0 Å². The summed E-state index contributed by atoms with van der Waals surface area (Å²) in [7, 11) is 1.68. The molecule has 0 atom stereocenters. The van der Waals surface area contributed by atoms with E-state index in [1.165, 1.54) is 10.9 Å². The van der Waals surface area contributed by atoms with Gasteiger partial charge in [-0.15, -0.1) is 0 Å². The van der Waals surface area contributed by atoms with E-state index in [-0.39, 0.29) is 5.56 Å². The number of hydrogen-bond acceptors (Lipinski definition) is 2. The molecule has 0 spiro atoms. The predicted molar refractivity (Wildman–Crippen MR) is 41.3 cm³/mol. The third-order valence-corrected chi connectivity index (χ3v) is 1.64. The van der Waals surface area contributed by atoms with Gasteiger partial charge in [0.1, 0.15) is 0 Å². The Kier molecular flexibility index (Phi) is 1.09. The van der Waals surface area contributed by atoms with E-state index in [0.29, 0.717) is 10.9 Å². The van der Waals surface area contributed by atoms with Crippen molar-refractivity contribution in [3.05, 3.63) is 29.1 Å². The number of aryl methyl sites for hydroxylation is 1. The average molecular weight is 149 g/mol. The van der Waals surface area contributed by atoms with E-state index in [9.17, 15) is 4.79 Å². The van der Waals surface area contributed by atoms with Gasteiger partial charge in [0.05, 0.1) is 17.2 Å². The van der Waals surface area contributed by atoms with Crippen LogP contribution in [0.2, 0.25) is 0 Å². The molecule has 0 aromatic carbocycles. The van der Waals surface area contributed by atoms with E-state index in [1.807, 2.05) is 0 Å². The Bertz CT molecular complexity index is 440. The SMILES string of the molecule is Cn1cnc2c[nH]cc2c1=O. The first-order valence-electron chi connectivity index (χ1n) is 3.27. The van der Waals surface area contributed by atoms with Gasteiger partial charge in [-0.3, -0.25) is 4.79 Å². The van der Waals surface area contributed by atoms with Crippen LogP contribution in [0.1, 0.15) is 0 Å². The highest BCUT2D eigenvalue weighted by molar-refractivity contribution is 5.76. The molecule has 2 heterocycles. The fourth-order valence-corrected chi connectivity index (χ4v) is 1.02. The second-order valence-electron chi connectivity index (χ2n) is 2.41. The minimum atomic E-state index is -0.0174. The molecule has 0 fully saturated rings. The zero-order chi connectivity index (χ0) is 7.84. The number of nitrogens with zero attached hydrogens (tertiary/aromatic N) is 2. The van der Waals surface area contributed by atoms with Crippen molar-refractivity contribution in [2.45, 2.75) is 0 Å². The molecule has 4 nitrogen and oxygen atoms in total.